The molecule has 0 aliphatic carbocycles. The van der Waals surface area contributed by atoms with E-state index in [1.165, 1.54) is 0 Å². The van der Waals surface area contributed by atoms with E-state index in [4.69, 9.17) is 0 Å². The first kappa shape index (κ1) is 11.0. The number of aliphatic hydroxyl groups is 1. The molecule has 2 nitrogen and oxygen atoms in total. The van der Waals surface area contributed by atoms with Crippen LogP contribution in [0.2, 0.25) is 0 Å². The second-order valence-electron chi connectivity index (χ2n) is 4.89. The van der Waals surface area contributed by atoms with Crippen molar-refractivity contribution in [3.05, 3.63) is 0 Å². The van der Waals surface area contributed by atoms with Crippen LogP contribution in [-0.4, -0.2) is 24.3 Å². The molecule has 0 aromatic rings. The minimum atomic E-state index is -0.156. The van der Waals surface area contributed by atoms with Gasteiger partial charge in [0, 0.05) is 0 Å². The Morgan fingerprint density at radius 3 is 2.15 bits per heavy atom. The van der Waals surface area contributed by atoms with Crippen molar-refractivity contribution >= 4 is 0 Å². The van der Waals surface area contributed by atoms with Gasteiger partial charge in [-0.25, -0.2) is 0 Å². The lowest BCUT2D eigenvalue weighted by atomic mass is 9.70. The third-order valence-corrected chi connectivity index (χ3v) is 3.30. The minimum absolute atomic E-state index is 0.156. The van der Waals surface area contributed by atoms with Crippen molar-refractivity contribution in [3.8, 4) is 0 Å². The summed E-state index contributed by atoms with van der Waals surface area (Å²) < 4.78 is 0. The van der Waals surface area contributed by atoms with Crippen LogP contribution < -0.4 is 5.32 Å². The van der Waals surface area contributed by atoms with Crippen molar-refractivity contribution in [2.24, 2.45) is 11.3 Å². The molecule has 1 fully saturated rings. The highest BCUT2D eigenvalue weighted by atomic mass is 16.3. The Morgan fingerprint density at radius 2 is 1.77 bits per heavy atom. The van der Waals surface area contributed by atoms with Gasteiger partial charge in [0.05, 0.1) is 6.10 Å². The number of hydrogen-bond donors (Lipinski definition) is 2. The standard InChI is InChI=1S/C11H23NO/c1-9(2)8-11(10(3)13)4-6-12-7-5-11/h9-10,12-13H,4-8H2,1-3H3. The normalized spacial score (nSPS) is 24.7. The first-order chi connectivity index (χ1) is 6.07. The van der Waals surface area contributed by atoms with Crippen LogP contribution in [0, 0.1) is 11.3 Å². The third-order valence-electron chi connectivity index (χ3n) is 3.30. The number of piperidine rings is 1. The molecule has 13 heavy (non-hydrogen) atoms. The van der Waals surface area contributed by atoms with E-state index in [0.717, 1.165) is 32.4 Å². The molecule has 0 radical (unpaired) electrons. The zero-order valence-corrected chi connectivity index (χ0v) is 9.14. The summed E-state index contributed by atoms with van der Waals surface area (Å²) in [4.78, 5) is 0. The predicted octanol–water partition coefficient (Wildman–Crippen LogP) is 1.78. The molecule has 1 atom stereocenters. The highest BCUT2D eigenvalue weighted by Crippen LogP contribution is 2.38. The Kier molecular flexibility index (Phi) is 3.74. The summed E-state index contributed by atoms with van der Waals surface area (Å²) in [6.07, 6.45) is 3.26. The predicted molar refractivity (Wildman–Crippen MR) is 55.7 cm³/mol. The van der Waals surface area contributed by atoms with Crippen molar-refractivity contribution in [3.63, 3.8) is 0 Å². The van der Waals surface area contributed by atoms with Gasteiger partial charge in [-0.2, -0.15) is 0 Å². The average molecular weight is 185 g/mol. The fraction of sp³-hybridized carbons (Fsp3) is 1.00. The Balaban J connectivity index is 2.61. The molecule has 78 valence electrons. The van der Waals surface area contributed by atoms with E-state index >= 15 is 0 Å². The second kappa shape index (κ2) is 4.43. The fourth-order valence-electron chi connectivity index (χ4n) is 2.53. The van der Waals surface area contributed by atoms with Crippen LogP contribution >= 0.6 is 0 Å². The lowest BCUT2D eigenvalue weighted by Gasteiger charge is -2.41. The maximum Gasteiger partial charge on any atom is 0.0569 e. The Morgan fingerprint density at radius 1 is 1.23 bits per heavy atom. The molecule has 2 heteroatoms. The SMILES string of the molecule is CC(C)CC1(C(C)O)CCNCC1. The van der Waals surface area contributed by atoms with Crippen molar-refractivity contribution < 1.29 is 5.11 Å². The first-order valence-corrected chi connectivity index (χ1v) is 5.45. The van der Waals surface area contributed by atoms with Gasteiger partial charge in [-0.15, -0.1) is 0 Å². The molecule has 0 spiro atoms. The van der Waals surface area contributed by atoms with Gasteiger partial charge in [-0.05, 0) is 50.6 Å². The molecule has 2 N–H and O–H groups in total. The molecule has 0 aromatic heterocycles. The van der Waals surface area contributed by atoms with E-state index < -0.39 is 0 Å². The van der Waals surface area contributed by atoms with E-state index in [1.54, 1.807) is 0 Å². The van der Waals surface area contributed by atoms with Crippen molar-refractivity contribution in [2.75, 3.05) is 13.1 Å². The highest BCUT2D eigenvalue weighted by Gasteiger charge is 2.36. The summed E-state index contributed by atoms with van der Waals surface area (Å²) in [7, 11) is 0. The molecule has 1 unspecified atom stereocenters. The molecule has 1 rings (SSSR count). The number of hydrogen-bond acceptors (Lipinski definition) is 2. The topological polar surface area (TPSA) is 32.3 Å². The molecule has 0 saturated carbocycles. The van der Waals surface area contributed by atoms with Crippen molar-refractivity contribution in [1.29, 1.82) is 0 Å². The van der Waals surface area contributed by atoms with Crippen LogP contribution in [0.3, 0.4) is 0 Å². The first-order valence-electron chi connectivity index (χ1n) is 5.45. The number of nitrogens with one attached hydrogen (secondary N) is 1. The molecule has 0 amide bonds. The summed E-state index contributed by atoms with van der Waals surface area (Å²) in [6, 6.07) is 0. The van der Waals surface area contributed by atoms with Crippen molar-refractivity contribution in [1.82, 2.24) is 5.32 Å². The molecule has 1 aliphatic heterocycles. The average Bonchev–Trinajstić information content (AvgIpc) is 2.04. The van der Waals surface area contributed by atoms with Gasteiger partial charge in [-0.3, -0.25) is 0 Å². The van der Waals surface area contributed by atoms with Crippen LogP contribution in [0.15, 0.2) is 0 Å². The van der Waals surface area contributed by atoms with Gasteiger partial charge in [0.1, 0.15) is 0 Å². The van der Waals surface area contributed by atoms with Gasteiger partial charge in [0.2, 0.25) is 0 Å². The summed E-state index contributed by atoms with van der Waals surface area (Å²) >= 11 is 0. The number of rotatable bonds is 3. The Bertz CT molecular complexity index is 148. The molecular formula is C11H23NO. The van der Waals surface area contributed by atoms with Crippen molar-refractivity contribution in [2.45, 2.75) is 46.1 Å². The lowest BCUT2D eigenvalue weighted by molar-refractivity contribution is -0.00182. The van der Waals surface area contributed by atoms with Crippen LogP contribution in [0.25, 0.3) is 0 Å². The Hall–Kier alpha value is -0.0800. The highest BCUT2D eigenvalue weighted by molar-refractivity contribution is 4.89. The zero-order chi connectivity index (χ0) is 9.90. The maximum atomic E-state index is 9.85. The Labute approximate surface area is 81.7 Å². The van der Waals surface area contributed by atoms with Gasteiger partial charge < -0.3 is 10.4 Å². The van der Waals surface area contributed by atoms with Crippen LogP contribution in [0.5, 0.6) is 0 Å². The van der Waals surface area contributed by atoms with E-state index in [-0.39, 0.29) is 11.5 Å². The van der Waals surface area contributed by atoms with Crippen LogP contribution in [0.4, 0.5) is 0 Å². The van der Waals surface area contributed by atoms with E-state index in [1.807, 2.05) is 6.92 Å². The van der Waals surface area contributed by atoms with Gasteiger partial charge in [-0.1, -0.05) is 13.8 Å². The summed E-state index contributed by atoms with van der Waals surface area (Å²) in [5.41, 5.74) is 0.194. The zero-order valence-electron chi connectivity index (χ0n) is 9.14. The molecular weight excluding hydrogens is 162 g/mol. The van der Waals surface area contributed by atoms with Gasteiger partial charge in [0.25, 0.3) is 0 Å². The fourth-order valence-corrected chi connectivity index (χ4v) is 2.53. The van der Waals surface area contributed by atoms with E-state index in [0.29, 0.717) is 5.92 Å². The van der Waals surface area contributed by atoms with Gasteiger partial charge in [0.15, 0.2) is 0 Å². The molecule has 0 bridgehead atoms. The summed E-state index contributed by atoms with van der Waals surface area (Å²) in [5.74, 6) is 0.688. The quantitative estimate of drug-likeness (QED) is 0.702. The minimum Gasteiger partial charge on any atom is -0.393 e. The third kappa shape index (κ3) is 2.68. The number of aliphatic hydroxyl groups excluding tert-OH is 1. The maximum absolute atomic E-state index is 9.85. The molecule has 1 saturated heterocycles. The summed E-state index contributed by atoms with van der Waals surface area (Å²) in [6.45, 7) is 8.57. The second-order valence-corrected chi connectivity index (χ2v) is 4.89. The van der Waals surface area contributed by atoms with E-state index in [9.17, 15) is 5.11 Å². The van der Waals surface area contributed by atoms with Crippen LogP contribution in [0.1, 0.15) is 40.0 Å². The molecule has 1 aliphatic rings. The smallest absolute Gasteiger partial charge is 0.0569 e. The van der Waals surface area contributed by atoms with Crippen LogP contribution in [-0.2, 0) is 0 Å². The largest absolute Gasteiger partial charge is 0.393 e. The molecule has 1 heterocycles. The lowest BCUT2D eigenvalue weighted by Crippen LogP contribution is -2.44. The molecule has 0 aromatic carbocycles. The van der Waals surface area contributed by atoms with Gasteiger partial charge >= 0.3 is 0 Å². The monoisotopic (exact) mass is 185 g/mol. The van der Waals surface area contributed by atoms with E-state index in [2.05, 4.69) is 19.2 Å². The summed E-state index contributed by atoms with van der Waals surface area (Å²) in [5, 5.41) is 13.2.